The van der Waals surface area contributed by atoms with Crippen molar-refractivity contribution in [2.24, 2.45) is 0 Å². The first kappa shape index (κ1) is 92.0. The van der Waals surface area contributed by atoms with Crippen molar-refractivity contribution in [3.63, 3.8) is 0 Å². The summed E-state index contributed by atoms with van der Waals surface area (Å²) in [6, 6.07) is 150. The largest absolute Gasteiger partial charge is 0.305 e. The molecule has 0 aliphatic carbocycles. The molecule has 23 aromatic rings. The Morgan fingerprint density at radius 3 is 0.957 bits per heavy atom. The molecule has 0 N–H and O–H groups in total. The van der Waals surface area contributed by atoms with Crippen LogP contribution in [-0.2, 0) is 60.3 Å². The Morgan fingerprint density at radius 1 is 0.230 bits per heavy atom. The van der Waals surface area contributed by atoms with Crippen LogP contribution in [0.1, 0.15) is 30.7 Å². The molecule has 12 heteroatoms. The summed E-state index contributed by atoms with van der Waals surface area (Å²) < 4.78 is 43.8. The van der Waals surface area contributed by atoms with E-state index in [9.17, 15) is 0 Å². The first-order valence-corrected chi connectivity index (χ1v) is 56.6. The maximum atomic E-state index is 7.29. The third kappa shape index (κ3) is 23.1. The van der Waals surface area contributed by atoms with Crippen LogP contribution in [0.2, 0.25) is 58.9 Å². The maximum absolute atomic E-state index is 7.29. The van der Waals surface area contributed by atoms with Crippen LogP contribution in [0.4, 0.5) is 0 Å². The number of benzene rings is 17. The van der Waals surface area contributed by atoms with E-state index in [0.717, 1.165) is 56.2 Å². The van der Waals surface area contributed by atoms with Crippen molar-refractivity contribution in [1.29, 1.82) is 0 Å². The molecule has 3 radical (unpaired) electrons. The van der Waals surface area contributed by atoms with Gasteiger partial charge >= 0.3 is 0 Å². The zero-order chi connectivity index (χ0) is 99.0. The molecule has 0 unspecified atom stereocenters. The summed E-state index contributed by atoms with van der Waals surface area (Å²) >= 11 is 0. The molecule has 0 spiro atoms. The van der Waals surface area contributed by atoms with Crippen molar-refractivity contribution in [2.45, 2.75) is 86.5 Å². The van der Waals surface area contributed by atoms with Crippen molar-refractivity contribution in [2.75, 3.05) is 0 Å². The number of pyridine rings is 6. The third-order valence-corrected chi connectivity index (χ3v) is 31.0. The molecule has 6 heterocycles. The average Bonchev–Trinajstić information content (AvgIpc) is 0.731. The molecule has 0 aliphatic heterocycles. The Kier molecular flexibility index (Phi) is 29.5. The van der Waals surface area contributed by atoms with Gasteiger partial charge in [0, 0.05) is 105 Å². The second kappa shape index (κ2) is 44.6. The zero-order valence-electron chi connectivity index (χ0n) is 85.4. The number of rotatable bonds is 11. The Balaban J connectivity index is 0.000000136. The van der Waals surface area contributed by atoms with Gasteiger partial charge in [0.25, 0.3) is 0 Å². The third-order valence-electron chi connectivity index (χ3n) is 24.8. The molecule has 0 bridgehead atoms. The zero-order valence-corrected chi connectivity index (χ0v) is 89.6. The van der Waals surface area contributed by atoms with Crippen LogP contribution in [0.15, 0.2) is 407 Å². The number of fused-ring (bicyclic) bond motifs is 18. The molecule has 6 nitrogen and oxygen atoms in total. The molecule has 0 aliphatic rings. The average molecular weight is 2380 g/mol. The van der Waals surface area contributed by atoms with E-state index in [2.05, 4.69) is 410 Å². The summed E-state index contributed by atoms with van der Waals surface area (Å²) in [6.07, 6.45) is 8.00. The molecule has 0 saturated carbocycles. The first-order chi connectivity index (χ1) is 68.4. The second-order valence-electron chi connectivity index (χ2n) is 37.3. The van der Waals surface area contributed by atoms with Gasteiger partial charge in [-0.05, 0) is 165 Å². The summed E-state index contributed by atoms with van der Waals surface area (Å²) in [6.45, 7) is 21.2. The molecule has 23 rings (SSSR count). The first-order valence-electron chi connectivity index (χ1n) is 49.1. The minimum Gasteiger partial charge on any atom is -0.305 e. The molecule has 0 amide bonds. The Hall–Kier alpha value is -13.4. The van der Waals surface area contributed by atoms with Crippen molar-refractivity contribution >= 4 is 137 Å². The van der Waals surface area contributed by atoms with E-state index in [1.807, 2.05) is 66.7 Å². The van der Waals surface area contributed by atoms with Gasteiger partial charge < -0.3 is 29.9 Å². The van der Waals surface area contributed by atoms with E-state index in [-0.39, 0.29) is 71.7 Å². The number of nitrogens with zero attached hydrogens (tertiary/aromatic N) is 6. The Labute approximate surface area is 869 Å². The van der Waals surface area contributed by atoms with Crippen LogP contribution in [0.25, 0.3) is 187 Å². The predicted molar refractivity (Wildman–Crippen MR) is 587 cm³/mol. The van der Waals surface area contributed by atoms with Gasteiger partial charge in [0.2, 0.25) is 0 Å². The molecule has 139 heavy (non-hydrogen) atoms. The van der Waals surface area contributed by atoms with Gasteiger partial charge in [-0.1, -0.05) is 375 Å². The molecule has 0 fully saturated rings. The number of aryl methyl sites for hydroxylation is 4. The SMILES string of the molecule is C[Si](C)(C)c1ccc(-c2[c-]cc3c4ccc(-c5ccc(-c6ccccc6)cc5)cc4c4ccccc4c3c2)nc1.C[Si](C)(C)c1ccc(-c2[c-]cc3c4ccccc4c4ccccc4c3c2)nc1.Cc1cc(-c2[c-]cc3c4ccccc4c4ccccc4c3c2)ncc1[Si](C)(C)C.Cc1cc[c-]c(-c2ccccn2)c1.[2H]C([2H])([2H])c1cccc(-c2[c-]cccc2)n1.[2H]C([2H])([2H])c1cccc(-c2[c-]cccc2)n1.[Ir].[Ir].[Ir]. The van der Waals surface area contributed by atoms with E-state index in [1.165, 1.54) is 158 Å². The molecule has 0 saturated heterocycles. The molecular formula is C127H106Ir3N6Si3-6. The fourth-order valence-electron chi connectivity index (χ4n) is 17.7. The summed E-state index contributed by atoms with van der Waals surface area (Å²) in [5.41, 5.74) is 18.7. The summed E-state index contributed by atoms with van der Waals surface area (Å²) in [4.78, 5) is 26.9. The van der Waals surface area contributed by atoms with Crippen LogP contribution >= 0.6 is 0 Å². The Morgan fingerprint density at radius 2 is 0.576 bits per heavy atom. The van der Waals surface area contributed by atoms with Crippen LogP contribution in [-0.4, -0.2) is 54.1 Å². The molecule has 0 atom stereocenters. The molecular weight excluding hydrogens is 2270 g/mol. The predicted octanol–water partition coefficient (Wildman–Crippen LogP) is 31.9. The normalized spacial score (nSPS) is 12.0. The summed E-state index contributed by atoms with van der Waals surface area (Å²) in [5, 5.41) is 27.0. The van der Waals surface area contributed by atoms with Gasteiger partial charge in [-0.2, -0.15) is 0 Å². The van der Waals surface area contributed by atoms with Crippen molar-refractivity contribution in [3.8, 4) is 89.8 Å². The second-order valence-corrected chi connectivity index (χ2v) is 52.5. The van der Waals surface area contributed by atoms with Crippen LogP contribution < -0.4 is 15.6 Å². The van der Waals surface area contributed by atoms with Crippen molar-refractivity contribution in [3.05, 3.63) is 466 Å². The van der Waals surface area contributed by atoms with Gasteiger partial charge in [-0.15, -0.1) is 178 Å². The molecule has 6 aromatic heterocycles. The van der Waals surface area contributed by atoms with Gasteiger partial charge in [0.15, 0.2) is 0 Å². The quantitative estimate of drug-likeness (QED) is 0.0729. The number of aromatic nitrogens is 6. The van der Waals surface area contributed by atoms with Gasteiger partial charge in [0.1, 0.15) is 0 Å². The standard InChI is InChI=1S/C38H30NSi.C27H24NSi.C26H22NSi.3C12H10N.3Ir/c1-40(2,3)31-19-22-38(39-25-31)30-18-21-35-34-20-17-29(23-36(34)32-11-7-8-12-33(32)37(35)24-30)28-15-13-27(14-16-28)26-9-5-4-6-10-26;1-18-15-26(28-17-27(18)29(2,3)4)19-13-14-24-22-11-6-5-9-20(22)21-10-7-8-12-23(21)25(24)16-19;1-28(2,3)19-13-15-26(27-17-19)18-12-14-24-22-10-5-4-8-20(22)21-9-6-7-11-23(21)25(24)16-18;1-10-5-4-6-11(9-10)12-7-2-3-8-13-12;2*1-10-6-5-9-12(13-10)11-7-3-2-4-8-11;;;/h4-17,19-25H,1-3H3;5-12,14-17H,1-4H3;4-11,13-17H,1-3H3;2-5,7-9H,1H3;2*2-7,9H,1H3;;;/q6*-1;;;/i;;;;2*1D3;;;. The molecule has 17 aromatic carbocycles. The topological polar surface area (TPSA) is 77.3 Å². The summed E-state index contributed by atoms with van der Waals surface area (Å²) in [5.74, 6) is 0. The van der Waals surface area contributed by atoms with E-state index < -0.39 is 37.9 Å². The fraction of sp³-hybridized carbons (Fsp3) is 0.102. The van der Waals surface area contributed by atoms with Gasteiger partial charge in [0.05, 0.1) is 24.2 Å². The smallest absolute Gasteiger partial charge is 0.0798 e. The summed E-state index contributed by atoms with van der Waals surface area (Å²) in [7, 11) is -4.11. The van der Waals surface area contributed by atoms with E-state index >= 15 is 0 Å². The van der Waals surface area contributed by atoms with Crippen LogP contribution in [0.5, 0.6) is 0 Å². The fourth-order valence-corrected chi connectivity index (χ4v) is 21.5. The van der Waals surface area contributed by atoms with Gasteiger partial charge in [-0.25, -0.2) is 0 Å². The minimum absolute atomic E-state index is 0. The maximum Gasteiger partial charge on any atom is 0.0798 e. The number of hydrogen-bond donors (Lipinski definition) is 0. The van der Waals surface area contributed by atoms with E-state index in [0.29, 0.717) is 11.4 Å². The van der Waals surface area contributed by atoms with Crippen molar-refractivity contribution < 1.29 is 68.5 Å². The van der Waals surface area contributed by atoms with Crippen LogP contribution in [0, 0.1) is 63.9 Å². The van der Waals surface area contributed by atoms with Gasteiger partial charge in [-0.3, -0.25) is 0 Å². The van der Waals surface area contributed by atoms with E-state index in [4.69, 9.17) is 23.2 Å². The monoisotopic (exact) mass is 2380 g/mol. The van der Waals surface area contributed by atoms with E-state index in [1.54, 1.807) is 42.6 Å². The minimum atomic E-state index is -2.16. The van der Waals surface area contributed by atoms with Crippen molar-refractivity contribution in [1.82, 2.24) is 29.9 Å². The molecule has 689 valence electrons. The van der Waals surface area contributed by atoms with Crippen LogP contribution in [0.3, 0.4) is 0 Å². The number of hydrogen-bond acceptors (Lipinski definition) is 6. The Bertz CT molecular complexity index is 8320.